The second-order valence-corrected chi connectivity index (χ2v) is 4.84. The minimum Gasteiger partial charge on any atom is -0.366 e. The van der Waals surface area contributed by atoms with E-state index in [9.17, 15) is 0 Å². The normalized spacial score (nSPS) is 11.7. The van der Waals surface area contributed by atoms with Crippen LogP contribution in [0.25, 0.3) is 11.1 Å². The summed E-state index contributed by atoms with van der Waals surface area (Å²) in [4.78, 5) is 0. The Labute approximate surface area is 119 Å². The summed E-state index contributed by atoms with van der Waals surface area (Å²) < 4.78 is 0. The molecule has 19 heavy (non-hydrogen) atoms. The van der Waals surface area contributed by atoms with Gasteiger partial charge in [-0.05, 0) is 35.8 Å². The minimum absolute atomic E-state index is 0.199. The van der Waals surface area contributed by atoms with E-state index in [1.807, 2.05) is 13.1 Å². The molecule has 0 unspecified atom stereocenters. The van der Waals surface area contributed by atoms with Crippen LogP contribution in [0.15, 0.2) is 54.6 Å². The average molecular weight is 270 g/mol. The molecular weight excluding hydrogens is 252 g/mol. The summed E-state index contributed by atoms with van der Waals surface area (Å²) in [5, 5.41) is 6.81. The average Bonchev–Trinajstić information content (AvgIpc) is 2.48. The summed E-state index contributed by atoms with van der Waals surface area (Å²) in [7, 11) is 1.82. The van der Waals surface area contributed by atoms with Crippen molar-refractivity contribution in [2.45, 2.75) is 13.0 Å². The van der Waals surface area contributed by atoms with Crippen LogP contribution in [-0.2, 0) is 0 Å². The van der Waals surface area contributed by atoms with Gasteiger partial charge in [-0.15, -0.1) is 0 Å². The Balaban J connectivity index is 2.12. The molecule has 3 heteroatoms. The maximum absolute atomic E-state index is 5.11. The molecule has 0 heterocycles. The van der Waals surface area contributed by atoms with Crippen LogP contribution in [-0.4, -0.2) is 12.2 Å². The van der Waals surface area contributed by atoms with Crippen molar-refractivity contribution in [3.63, 3.8) is 0 Å². The third-order valence-electron chi connectivity index (χ3n) is 3.09. The predicted molar refractivity (Wildman–Crippen MR) is 85.1 cm³/mol. The molecule has 2 N–H and O–H groups in total. The molecular formula is C16H18N2S. The molecule has 2 nitrogen and oxygen atoms in total. The fourth-order valence-electron chi connectivity index (χ4n) is 1.95. The number of rotatable bonds is 3. The maximum Gasteiger partial charge on any atom is 0.166 e. The molecule has 0 aliphatic rings. The van der Waals surface area contributed by atoms with E-state index in [1.165, 1.54) is 16.7 Å². The van der Waals surface area contributed by atoms with Crippen molar-refractivity contribution in [3.05, 3.63) is 60.2 Å². The van der Waals surface area contributed by atoms with Gasteiger partial charge in [0, 0.05) is 7.05 Å². The summed E-state index contributed by atoms with van der Waals surface area (Å²) in [5.41, 5.74) is 3.69. The largest absolute Gasteiger partial charge is 0.366 e. The zero-order valence-corrected chi connectivity index (χ0v) is 12.0. The van der Waals surface area contributed by atoms with Gasteiger partial charge in [0.25, 0.3) is 0 Å². The molecule has 0 radical (unpaired) electrons. The van der Waals surface area contributed by atoms with Crippen molar-refractivity contribution in [1.29, 1.82) is 0 Å². The summed E-state index contributed by atoms with van der Waals surface area (Å²) in [6.45, 7) is 2.10. The Morgan fingerprint density at radius 3 is 2.11 bits per heavy atom. The van der Waals surface area contributed by atoms with Crippen LogP contribution in [0, 0.1) is 0 Å². The summed E-state index contributed by atoms with van der Waals surface area (Å²) in [5.74, 6) is 0. The van der Waals surface area contributed by atoms with E-state index in [0.29, 0.717) is 5.11 Å². The Bertz CT molecular complexity index is 534. The number of benzene rings is 2. The van der Waals surface area contributed by atoms with Gasteiger partial charge in [-0.1, -0.05) is 54.6 Å². The van der Waals surface area contributed by atoms with Gasteiger partial charge in [0.2, 0.25) is 0 Å². The van der Waals surface area contributed by atoms with E-state index in [1.54, 1.807) is 0 Å². The van der Waals surface area contributed by atoms with Gasteiger partial charge in [0.15, 0.2) is 5.11 Å². The molecule has 0 amide bonds. The summed E-state index contributed by atoms with van der Waals surface area (Å²) >= 11 is 5.11. The van der Waals surface area contributed by atoms with Crippen LogP contribution >= 0.6 is 12.2 Å². The van der Waals surface area contributed by atoms with Gasteiger partial charge < -0.3 is 10.6 Å². The predicted octanol–water partition coefficient (Wildman–Crippen LogP) is 3.51. The molecule has 0 saturated heterocycles. The maximum atomic E-state index is 5.11. The summed E-state index contributed by atoms with van der Waals surface area (Å²) in [6, 6.07) is 19.1. The molecule has 2 aromatic carbocycles. The lowest BCUT2D eigenvalue weighted by molar-refractivity contribution is 0.709. The molecule has 0 fully saturated rings. The molecule has 0 aliphatic carbocycles. The van der Waals surface area contributed by atoms with Crippen molar-refractivity contribution in [2.24, 2.45) is 0 Å². The standard InChI is InChI=1S/C16H18N2S/c1-12(18-16(19)17-2)13-8-10-15(11-9-13)14-6-4-3-5-7-14/h3-12H,1-2H3,(H2,17,18,19)/t12-/m0/s1. The second kappa shape index (κ2) is 6.34. The molecule has 2 rings (SSSR count). The highest BCUT2D eigenvalue weighted by molar-refractivity contribution is 7.80. The van der Waals surface area contributed by atoms with E-state index in [0.717, 1.165) is 0 Å². The van der Waals surface area contributed by atoms with E-state index >= 15 is 0 Å². The number of hydrogen-bond acceptors (Lipinski definition) is 1. The lowest BCUT2D eigenvalue weighted by atomic mass is 10.0. The molecule has 2 aromatic rings. The molecule has 1 atom stereocenters. The smallest absolute Gasteiger partial charge is 0.166 e. The molecule has 0 saturated carbocycles. The lowest BCUT2D eigenvalue weighted by Gasteiger charge is -2.16. The number of hydrogen-bond donors (Lipinski definition) is 2. The van der Waals surface area contributed by atoms with E-state index in [4.69, 9.17) is 12.2 Å². The molecule has 0 aromatic heterocycles. The lowest BCUT2D eigenvalue weighted by Crippen LogP contribution is -2.34. The quantitative estimate of drug-likeness (QED) is 0.835. The highest BCUT2D eigenvalue weighted by atomic mass is 32.1. The Hall–Kier alpha value is -1.87. The van der Waals surface area contributed by atoms with Crippen molar-refractivity contribution < 1.29 is 0 Å². The van der Waals surface area contributed by atoms with Gasteiger partial charge in [-0.2, -0.15) is 0 Å². The highest BCUT2D eigenvalue weighted by Gasteiger charge is 2.06. The third-order valence-corrected chi connectivity index (χ3v) is 3.41. The van der Waals surface area contributed by atoms with Gasteiger partial charge >= 0.3 is 0 Å². The first-order chi connectivity index (χ1) is 9.20. The molecule has 0 bridgehead atoms. The molecule has 0 aliphatic heterocycles. The Morgan fingerprint density at radius 1 is 0.947 bits per heavy atom. The van der Waals surface area contributed by atoms with Crippen molar-refractivity contribution >= 4 is 17.3 Å². The number of thiocarbonyl (C=S) groups is 1. The van der Waals surface area contributed by atoms with E-state index in [-0.39, 0.29) is 6.04 Å². The Morgan fingerprint density at radius 2 is 1.53 bits per heavy atom. The minimum atomic E-state index is 0.199. The van der Waals surface area contributed by atoms with Gasteiger partial charge in [0.1, 0.15) is 0 Å². The first-order valence-electron chi connectivity index (χ1n) is 6.34. The zero-order chi connectivity index (χ0) is 13.7. The first kappa shape index (κ1) is 13.6. The molecule has 98 valence electrons. The fraction of sp³-hybridized carbons (Fsp3) is 0.188. The van der Waals surface area contributed by atoms with Gasteiger partial charge in [0.05, 0.1) is 6.04 Å². The summed E-state index contributed by atoms with van der Waals surface area (Å²) in [6.07, 6.45) is 0. The van der Waals surface area contributed by atoms with Crippen LogP contribution in [0.4, 0.5) is 0 Å². The van der Waals surface area contributed by atoms with E-state index < -0.39 is 0 Å². The van der Waals surface area contributed by atoms with Crippen LogP contribution < -0.4 is 10.6 Å². The van der Waals surface area contributed by atoms with Crippen molar-refractivity contribution in [2.75, 3.05) is 7.05 Å². The van der Waals surface area contributed by atoms with Gasteiger partial charge in [-0.25, -0.2) is 0 Å². The second-order valence-electron chi connectivity index (χ2n) is 4.43. The SMILES string of the molecule is CNC(=S)N[C@@H](C)c1ccc(-c2ccccc2)cc1. The van der Waals surface area contributed by atoms with Crippen LogP contribution in [0.1, 0.15) is 18.5 Å². The zero-order valence-electron chi connectivity index (χ0n) is 11.2. The topological polar surface area (TPSA) is 24.1 Å². The van der Waals surface area contributed by atoms with Crippen LogP contribution in [0.2, 0.25) is 0 Å². The number of nitrogens with one attached hydrogen (secondary N) is 2. The van der Waals surface area contributed by atoms with Crippen LogP contribution in [0.3, 0.4) is 0 Å². The Kier molecular flexibility index (Phi) is 4.53. The third kappa shape index (κ3) is 3.55. The van der Waals surface area contributed by atoms with Gasteiger partial charge in [-0.3, -0.25) is 0 Å². The fourth-order valence-corrected chi connectivity index (χ4v) is 2.12. The van der Waals surface area contributed by atoms with Crippen molar-refractivity contribution in [3.8, 4) is 11.1 Å². The van der Waals surface area contributed by atoms with Crippen molar-refractivity contribution in [1.82, 2.24) is 10.6 Å². The van der Waals surface area contributed by atoms with E-state index in [2.05, 4.69) is 66.1 Å². The molecule has 0 spiro atoms. The monoisotopic (exact) mass is 270 g/mol. The van der Waals surface area contributed by atoms with Crippen LogP contribution in [0.5, 0.6) is 0 Å². The highest BCUT2D eigenvalue weighted by Crippen LogP contribution is 2.21. The first-order valence-corrected chi connectivity index (χ1v) is 6.75.